The molecule has 0 radical (unpaired) electrons. The molecule has 0 fully saturated rings. The second kappa shape index (κ2) is 3.83. The molecular formula is C14H16. The SMILES string of the molecule is Cc1cccc(C2=CC=CCC2)c1C. The van der Waals surface area contributed by atoms with Crippen molar-refractivity contribution >= 4 is 5.57 Å². The number of aryl methyl sites for hydroxylation is 1. The number of allylic oxidation sites excluding steroid dienone is 4. The predicted octanol–water partition coefficient (Wildman–Crippen LogP) is 4.04. The van der Waals surface area contributed by atoms with Gasteiger partial charge in [-0.1, -0.05) is 36.4 Å². The fourth-order valence-corrected chi connectivity index (χ4v) is 1.93. The monoisotopic (exact) mass is 184 g/mol. The maximum Gasteiger partial charge on any atom is -0.0192 e. The normalized spacial score (nSPS) is 15.4. The van der Waals surface area contributed by atoms with Gasteiger partial charge in [-0.2, -0.15) is 0 Å². The molecule has 1 aliphatic carbocycles. The molecule has 1 aliphatic rings. The maximum absolute atomic E-state index is 2.24. The van der Waals surface area contributed by atoms with E-state index < -0.39 is 0 Å². The number of benzene rings is 1. The first-order valence-corrected chi connectivity index (χ1v) is 5.21. The Hall–Kier alpha value is -1.30. The van der Waals surface area contributed by atoms with Crippen molar-refractivity contribution in [3.63, 3.8) is 0 Å². The summed E-state index contributed by atoms with van der Waals surface area (Å²) < 4.78 is 0. The van der Waals surface area contributed by atoms with Crippen LogP contribution in [0.15, 0.2) is 36.4 Å². The van der Waals surface area contributed by atoms with Gasteiger partial charge in [0.2, 0.25) is 0 Å². The molecule has 0 heterocycles. The molecule has 14 heavy (non-hydrogen) atoms. The smallest absolute Gasteiger partial charge is 0.0192 e. The molecule has 0 amide bonds. The first-order valence-electron chi connectivity index (χ1n) is 5.21. The third-order valence-electron chi connectivity index (χ3n) is 2.96. The van der Waals surface area contributed by atoms with Crippen LogP contribution in [-0.2, 0) is 0 Å². The van der Waals surface area contributed by atoms with Crippen LogP contribution in [0.2, 0.25) is 0 Å². The van der Waals surface area contributed by atoms with Gasteiger partial charge in [-0.15, -0.1) is 0 Å². The zero-order valence-electron chi connectivity index (χ0n) is 8.88. The third-order valence-corrected chi connectivity index (χ3v) is 2.96. The number of hydrogen-bond donors (Lipinski definition) is 0. The number of rotatable bonds is 1. The highest BCUT2D eigenvalue weighted by molar-refractivity contribution is 5.71. The lowest BCUT2D eigenvalue weighted by Crippen LogP contribution is -1.93. The topological polar surface area (TPSA) is 0 Å². The van der Waals surface area contributed by atoms with Crippen LogP contribution in [0.25, 0.3) is 5.57 Å². The standard InChI is InChI=1S/C14H16/c1-11-7-6-10-14(12(11)2)13-8-4-3-5-9-13/h3-4,6-8,10H,5,9H2,1-2H3. The average Bonchev–Trinajstić information content (AvgIpc) is 2.23. The first kappa shape index (κ1) is 9.26. The summed E-state index contributed by atoms with van der Waals surface area (Å²) in [5.74, 6) is 0. The Morgan fingerprint density at radius 3 is 2.71 bits per heavy atom. The lowest BCUT2D eigenvalue weighted by Gasteiger charge is -2.13. The Morgan fingerprint density at radius 2 is 2.00 bits per heavy atom. The van der Waals surface area contributed by atoms with Crippen LogP contribution in [0.5, 0.6) is 0 Å². The van der Waals surface area contributed by atoms with E-state index in [0.29, 0.717) is 0 Å². The average molecular weight is 184 g/mol. The van der Waals surface area contributed by atoms with Crippen molar-refractivity contribution < 1.29 is 0 Å². The van der Waals surface area contributed by atoms with E-state index in [1.807, 2.05) is 0 Å². The second-order valence-corrected chi connectivity index (χ2v) is 3.91. The van der Waals surface area contributed by atoms with E-state index in [0.717, 1.165) is 0 Å². The van der Waals surface area contributed by atoms with Gasteiger partial charge in [-0.3, -0.25) is 0 Å². The zero-order chi connectivity index (χ0) is 9.97. The summed E-state index contributed by atoms with van der Waals surface area (Å²) in [6, 6.07) is 6.56. The molecule has 0 saturated heterocycles. The zero-order valence-corrected chi connectivity index (χ0v) is 8.88. The van der Waals surface area contributed by atoms with E-state index in [2.05, 4.69) is 50.3 Å². The molecule has 1 aromatic rings. The molecule has 0 atom stereocenters. The summed E-state index contributed by atoms with van der Waals surface area (Å²) in [7, 11) is 0. The molecular weight excluding hydrogens is 168 g/mol. The second-order valence-electron chi connectivity index (χ2n) is 3.91. The van der Waals surface area contributed by atoms with Crippen molar-refractivity contribution in [3.8, 4) is 0 Å². The van der Waals surface area contributed by atoms with Crippen molar-refractivity contribution in [2.45, 2.75) is 26.7 Å². The Kier molecular flexibility index (Phi) is 2.53. The van der Waals surface area contributed by atoms with Crippen molar-refractivity contribution in [2.75, 3.05) is 0 Å². The van der Waals surface area contributed by atoms with Gasteiger partial charge in [0, 0.05) is 0 Å². The summed E-state index contributed by atoms with van der Waals surface area (Å²) in [5, 5.41) is 0. The molecule has 0 spiro atoms. The molecule has 72 valence electrons. The Bertz CT molecular complexity index is 394. The fraction of sp³-hybridized carbons (Fsp3) is 0.286. The molecule has 0 saturated carbocycles. The van der Waals surface area contributed by atoms with Crippen molar-refractivity contribution in [3.05, 3.63) is 53.1 Å². The fourth-order valence-electron chi connectivity index (χ4n) is 1.93. The molecule has 0 bridgehead atoms. The number of hydrogen-bond acceptors (Lipinski definition) is 0. The van der Waals surface area contributed by atoms with Crippen LogP contribution in [0.1, 0.15) is 29.5 Å². The third kappa shape index (κ3) is 1.65. The van der Waals surface area contributed by atoms with E-state index in [4.69, 9.17) is 0 Å². The van der Waals surface area contributed by atoms with Crippen LogP contribution in [0.3, 0.4) is 0 Å². The summed E-state index contributed by atoms with van der Waals surface area (Å²) in [4.78, 5) is 0. The Balaban J connectivity index is 2.45. The van der Waals surface area contributed by atoms with Gasteiger partial charge in [-0.25, -0.2) is 0 Å². The molecule has 0 unspecified atom stereocenters. The Labute approximate surface area is 86.0 Å². The molecule has 0 heteroatoms. The predicted molar refractivity (Wildman–Crippen MR) is 62.3 cm³/mol. The van der Waals surface area contributed by atoms with E-state index in [1.165, 1.54) is 35.1 Å². The highest BCUT2D eigenvalue weighted by atomic mass is 14.1. The first-order chi connectivity index (χ1) is 6.79. The van der Waals surface area contributed by atoms with Gasteiger partial charge in [0.15, 0.2) is 0 Å². The minimum absolute atomic E-state index is 1.18. The van der Waals surface area contributed by atoms with Gasteiger partial charge < -0.3 is 0 Å². The van der Waals surface area contributed by atoms with Crippen LogP contribution in [-0.4, -0.2) is 0 Å². The lowest BCUT2D eigenvalue weighted by molar-refractivity contribution is 1.05. The van der Waals surface area contributed by atoms with Crippen LogP contribution >= 0.6 is 0 Å². The minimum atomic E-state index is 1.18. The molecule has 1 aromatic carbocycles. The van der Waals surface area contributed by atoms with E-state index in [-0.39, 0.29) is 0 Å². The quantitative estimate of drug-likeness (QED) is 0.618. The summed E-state index contributed by atoms with van der Waals surface area (Å²) in [6.45, 7) is 4.39. The highest BCUT2D eigenvalue weighted by Crippen LogP contribution is 2.27. The van der Waals surface area contributed by atoms with Gasteiger partial charge in [-0.05, 0) is 49.0 Å². The molecule has 2 rings (SSSR count). The van der Waals surface area contributed by atoms with Gasteiger partial charge >= 0.3 is 0 Å². The lowest BCUT2D eigenvalue weighted by atomic mass is 9.92. The minimum Gasteiger partial charge on any atom is -0.0842 e. The van der Waals surface area contributed by atoms with Gasteiger partial charge in [0.25, 0.3) is 0 Å². The van der Waals surface area contributed by atoms with E-state index in [1.54, 1.807) is 0 Å². The highest BCUT2D eigenvalue weighted by Gasteiger charge is 2.06. The largest absolute Gasteiger partial charge is 0.0842 e. The molecule has 0 nitrogen and oxygen atoms in total. The van der Waals surface area contributed by atoms with Crippen molar-refractivity contribution in [1.29, 1.82) is 0 Å². The van der Waals surface area contributed by atoms with Crippen molar-refractivity contribution in [2.24, 2.45) is 0 Å². The van der Waals surface area contributed by atoms with Gasteiger partial charge in [0.05, 0.1) is 0 Å². The van der Waals surface area contributed by atoms with Crippen LogP contribution in [0, 0.1) is 13.8 Å². The van der Waals surface area contributed by atoms with Crippen LogP contribution < -0.4 is 0 Å². The van der Waals surface area contributed by atoms with Crippen LogP contribution in [0.4, 0.5) is 0 Å². The molecule has 0 N–H and O–H groups in total. The maximum atomic E-state index is 2.24. The summed E-state index contributed by atoms with van der Waals surface area (Å²) in [6.07, 6.45) is 9.00. The van der Waals surface area contributed by atoms with Gasteiger partial charge in [0.1, 0.15) is 0 Å². The summed E-state index contributed by atoms with van der Waals surface area (Å²) >= 11 is 0. The van der Waals surface area contributed by atoms with E-state index >= 15 is 0 Å². The molecule has 0 aromatic heterocycles. The molecule has 0 aliphatic heterocycles. The Morgan fingerprint density at radius 1 is 1.14 bits per heavy atom. The van der Waals surface area contributed by atoms with E-state index in [9.17, 15) is 0 Å². The van der Waals surface area contributed by atoms with Crippen molar-refractivity contribution in [1.82, 2.24) is 0 Å². The summed E-state index contributed by atoms with van der Waals surface area (Å²) in [5.41, 5.74) is 5.72.